The van der Waals surface area contributed by atoms with E-state index in [9.17, 15) is 0 Å². The van der Waals surface area contributed by atoms with Crippen LogP contribution in [0.5, 0.6) is 0 Å². The van der Waals surface area contributed by atoms with Gasteiger partial charge in [-0.15, -0.1) is 11.3 Å². The Hall–Kier alpha value is -1.67. The van der Waals surface area contributed by atoms with Crippen molar-refractivity contribution in [1.82, 2.24) is 14.8 Å². The number of nitrogens with zero attached hydrogens (tertiary/aromatic N) is 3. The first-order chi connectivity index (χ1) is 12.1. The Morgan fingerprint density at radius 3 is 2.68 bits per heavy atom. The highest BCUT2D eigenvalue weighted by atomic mass is 127. The van der Waals surface area contributed by atoms with Crippen molar-refractivity contribution in [3.63, 3.8) is 0 Å². The van der Waals surface area contributed by atoms with E-state index in [0.717, 1.165) is 27.3 Å². The number of aryl methyl sites for hydroxylation is 3. The summed E-state index contributed by atoms with van der Waals surface area (Å²) in [5.41, 5.74) is 6.25. The molecule has 25 heavy (non-hydrogen) atoms. The van der Waals surface area contributed by atoms with E-state index in [0.29, 0.717) is 0 Å². The molecule has 3 heterocycles. The topological polar surface area (TPSA) is 42.7 Å². The predicted octanol–water partition coefficient (Wildman–Crippen LogP) is 5.35. The largest absolute Gasteiger partial charge is 0.363 e. The lowest BCUT2D eigenvalue weighted by molar-refractivity contribution is 0.799. The normalized spacial score (nSPS) is 11.5. The van der Waals surface area contributed by atoms with Crippen molar-refractivity contribution in [2.45, 2.75) is 24.8 Å². The third-order valence-electron chi connectivity index (χ3n) is 4.62. The molecule has 1 N–H and O–H groups in total. The van der Waals surface area contributed by atoms with Crippen molar-refractivity contribution in [2.75, 3.05) is 5.32 Å². The van der Waals surface area contributed by atoms with Gasteiger partial charge in [-0.3, -0.25) is 4.68 Å². The standard InChI is InChI=1S/C19H19IN4S/c1-11-14(9-20)12(2)22-19-15(11)16-17(25-19)18(23-24(16)3)21-10-13-7-5-4-6-8-13/h4-8H,9-10H2,1-3H3,(H,21,23). The number of nitrogens with one attached hydrogen (secondary N) is 1. The van der Waals surface area contributed by atoms with Gasteiger partial charge in [-0.2, -0.15) is 5.10 Å². The lowest BCUT2D eigenvalue weighted by Crippen LogP contribution is -2.01. The molecular formula is C19H19IN4S. The molecule has 0 radical (unpaired) electrons. The van der Waals surface area contributed by atoms with E-state index in [1.54, 1.807) is 11.3 Å². The molecule has 0 amide bonds. The molecule has 0 aliphatic rings. The summed E-state index contributed by atoms with van der Waals surface area (Å²) >= 11 is 4.15. The molecule has 3 aromatic heterocycles. The monoisotopic (exact) mass is 462 g/mol. The molecule has 0 saturated carbocycles. The van der Waals surface area contributed by atoms with Crippen LogP contribution in [0.25, 0.3) is 20.4 Å². The van der Waals surface area contributed by atoms with Gasteiger partial charge in [0, 0.05) is 29.1 Å². The third kappa shape index (κ3) is 2.81. The molecule has 0 atom stereocenters. The molecule has 128 valence electrons. The predicted molar refractivity (Wildman–Crippen MR) is 115 cm³/mol. The molecule has 4 nitrogen and oxygen atoms in total. The van der Waals surface area contributed by atoms with E-state index in [4.69, 9.17) is 10.1 Å². The zero-order valence-corrected chi connectivity index (χ0v) is 17.4. The number of pyridine rings is 1. The van der Waals surface area contributed by atoms with Crippen LogP contribution in [-0.4, -0.2) is 14.8 Å². The summed E-state index contributed by atoms with van der Waals surface area (Å²) in [6.45, 7) is 5.09. The van der Waals surface area contributed by atoms with Crippen molar-refractivity contribution < 1.29 is 0 Å². The van der Waals surface area contributed by atoms with Crippen molar-refractivity contribution in [3.8, 4) is 0 Å². The van der Waals surface area contributed by atoms with E-state index in [-0.39, 0.29) is 0 Å². The second kappa shape index (κ2) is 6.57. The fraction of sp³-hybridized carbons (Fsp3) is 0.263. The van der Waals surface area contributed by atoms with Crippen molar-refractivity contribution in [2.24, 2.45) is 7.05 Å². The quantitative estimate of drug-likeness (QED) is 0.329. The molecule has 0 unspecified atom stereocenters. The molecule has 0 aliphatic heterocycles. The number of rotatable bonds is 4. The van der Waals surface area contributed by atoms with E-state index in [2.05, 4.69) is 66.0 Å². The maximum Gasteiger partial charge on any atom is 0.166 e. The molecule has 0 saturated heterocycles. The van der Waals surface area contributed by atoms with Crippen LogP contribution in [0.2, 0.25) is 0 Å². The van der Waals surface area contributed by atoms with Crippen molar-refractivity contribution in [3.05, 3.63) is 52.7 Å². The van der Waals surface area contributed by atoms with Gasteiger partial charge < -0.3 is 5.32 Å². The van der Waals surface area contributed by atoms with Crippen LogP contribution in [0.3, 0.4) is 0 Å². The molecule has 4 aromatic rings. The van der Waals surface area contributed by atoms with Crippen LogP contribution in [0.1, 0.15) is 22.4 Å². The summed E-state index contributed by atoms with van der Waals surface area (Å²) in [5.74, 6) is 0.942. The number of alkyl halides is 1. The number of hydrogen-bond donors (Lipinski definition) is 1. The van der Waals surface area contributed by atoms with Gasteiger partial charge in [0.15, 0.2) is 5.82 Å². The zero-order valence-electron chi connectivity index (χ0n) is 14.4. The molecule has 1 aromatic carbocycles. The minimum atomic E-state index is 0.769. The molecule has 0 spiro atoms. The van der Waals surface area contributed by atoms with Gasteiger partial charge in [-0.25, -0.2) is 4.98 Å². The third-order valence-corrected chi connectivity index (χ3v) is 6.47. The number of anilines is 1. The van der Waals surface area contributed by atoms with Crippen LogP contribution < -0.4 is 5.32 Å². The first kappa shape index (κ1) is 16.8. The minimum absolute atomic E-state index is 0.769. The minimum Gasteiger partial charge on any atom is -0.363 e. The zero-order chi connectivity index (χ0) is 17.6. The smallest absolute Gasteiger partial charge is 0.166 e. The van der Waals surface area contributed by atoms with Crippen LogP contribution in [0, 0.1) is 13.8 Å². The SMILES string of the molecule is Cc1nc2sc3c(NCc4ccccc4)nn(C)c3c2c(C)c1CI. The summed E-state index contributed by atoms with van der Waals surface area (Å²) in [6, 6.07) is 10.4. The summed E-state index contributed by atoms with van der Waals surface area (Å²) in [6.07, 6.45) is 0. The van der Waals surface area contributed by atoms with Gasteiger partial charge in [0.1, 0.15) is 4.83 Å². The Kier molecular flexibility index (Phi) is 4.41. The molecule has 0 aliphatic carbocycles. The van der Waals surface area contributed by atoms with Gasteiger partial charge >= 0.3 is 0 Å². The van der Waals surface area contributed by atoms with E-state index >= 15 is 0 Å². The van der Waals surface area contributed by atoms with Crippen LogP contribution in [-0.2, 0) is 18.0 Å². The lowest BCUT2D eigenvalue weighted by atomic mass is 10.1. The highest BCUT2D eigenvalue weighted by molar-refractivity contribution is 14.1. The number of thiophene rings is 1. The second-order valence-electron chi connectivity index (χ2n) is 6.21. The summed E-state index contributed by atoms with van der Waals surface area (Å²) in [4.78, 5) is 5.97. The van der Waals surface area contributed by atoms with E-state index in [1.807, 2.05) is 17.8 Å². The molecule has 6 heteroatoms. The van der Waals surface area contributed by atoms with Crippen molar-refractivity contribution >= 4 is 60.2 Å². The van der Waals surface area contributed by atoms with Gasteiger partial charge in [0.05, 0.1) is 10.2 Å². The van der Waals surface area contributed by atoms with E-state index < -0.39 is 0 Å². The summed E-state index contributed by atoms with van der Waals surface area (Å²) in [7, 11) is 2.02. The van der Waals surface area contributed by atoms with Crippen LogP contribution >= 0.6 is 33.9 Å². The molecule has 0 bridgehead atoms. The number of hydrogen-bond acceptors (Lipinski definition) is 4. The Labute approximate surface area is 164 Å². The van der Waals surface area contributed by atoms with E-state index in [1.165, 1.54) is 32.3 Å². The summed E-state index contributed by atoms with van der Waals surface area (Å²) in [5, 5.41) is 9.47. The second-order valence-corrected chi connectivity index (χ2v) is 7.97. The Balaban J connectivity index is 1.84. The molecule has 0 fully saturated rings. The number of halogens is 1. The van der Waals surface area contributed by atoms with Crippen LogP contribution in [0.15, 0.2) is 30.3 Å². The van der Waals surface area contributed by atoms with Gasteiger partial charge in [0.25, 0.3) is 0 Å². The first-order valence-electron chi connectivity index (χ1n) is 8.19. The Morgan fingerprint density at radius 1 is 1.20 bits per heavy atom. The number of benzene rings is 1. The average molecular weight is 462 g/mol. The maximum atomic E-state index is 4.86. The Morgan fingerprint density at radius 2 is 1.96 bits per heavy atom. The molecule has 4 rings (SSSR count). The first-order valence-corrected chi connectivity index (χ1v) is 10.5. The average Bonchev–Trinajstić information content (AvgIpc) is 3.12. The van der Waals surface area contributed by atoms with Gasteiger partial charge in [-0.05, 0) is 30.5 Å². The fourth-order valence-electron chi connectivity index (χ4n) is 3.28. The Bertz CT molecular complexity index is 1070. The fourth-order valence-corrected chi connectivity index (χ4v) is 5.67. The lowest BCUT2D eigenvalue weighted by Gasteiger charge is -2.07. The van der Waals surface area contributed by atoms with Crippen molar-refractivity contribution in [1.29, 1.82) is 0 Å². The molecular weight excluding hydrogens is 443 g/mol. The van der Waals surface area contributed by atoms with Gasteiger partial charge in [-0.1, -0.05) is 52.9 Å². The van der Waals surface area contributed by atoms with Crippen LogP contribution in [0.4, 0.5) is 5.82 Å². The van der Waals surface area contributed by atoms with Gasteiger partial charge in [0.2, 0.25) is 0 Å². The number of fused-ring (bicyclic) bond motifs is 3. The maximum absolute atomic E-state index is 4.86. The highest BCUT2D eigenvalue weighted by Crippen LogP contribution is 2.40. The summed E-state index contributed by atoms with van der Waals surface area (Å²) < 4.78 is 4.16. The number of aromatic nitrogens is 3. The highest BCUT2D eigenvalue weighted by Gasteiger charge is 2.20.